The first-order valence-corrected chi connectivity index (χ1v) is 8.99. The van der Waals surface area contributed by atoms with Crippen molar-refractivity contribution in [1.82, 2.24) is 10.6 Å². The minimum absolute atomic E-state index is 0.180. The van der Waals surface area contributed by atoms with E-state index in [4.69, 9.17) is 18.9 Å². The van der Waals surface area contributed by atoms with Gasteiger partial charge in [-0.05, 0) is 48.7 Å². The van der Waals surface area contributed by atoms with Crippen LogP contribution >= 0.6 is 0 Å². The molecule has 0 aliphatic rings. The number of carbonyl (C=O) groups excluding carboxylic acids is 1. The number of rotatable bonds is 9. The van der Waals surface area contributed by atoms with Gasteiger partial charge in [-0.25, -0.2) is 4.79 Å². The minimum Gasteiger partial charge on any atom is -0.493 e. The smallest absolute Gasteiger partial charge is 0.315 e. The quantitative estimate of drug-likeness (QED) is 0.689. The van der Waals surface area contributed by atoms with Crippen LogP contribution in [0.1, 0.15) is 24.1 Å². The number of urea groups is 1. The average Bonchev–Trinajstić information content (AvgIpc) is 2.72. The maximum atomic E-state index is 12.2. The summed E-state index contributed by atoms with van der Waals surface area (Å²) in [7, 11) is 6.37. The summed E-state index contributed by atoms with van der Waals surface area (Å²) in [5.41, 5.74) is 1.97. The van der Waals surface area contributed by atoms with Crippen LogP contribution in [0.15, 0.2) is 36.4 Å². The third-order valence-corrected chi connectivity index (χ3v) is 4.40. The Morgan fingerprint density at radius 2 is 1.43 bits per heavy atom. The Morgan fingerprint density at radius 1 is 0.857 bits per heavy atom. The molecule has 0 aromatic heterocycles. The highest BCUT2D eigenvalue weighted by Crippen LogP contribution is 2.30. The van der Waals surface area contributed by atoms with Gasteiger partial charge in [-0.3, -0.25) is 0 Å². The molecule has 2 aromatic carbocycles. The molecule has 0 aliphatic carbocycles. The summed E-state index contributed by atoms with van der Waals surface area (Å²) >= 11 is 0. The molecule has 0 saturated carbocycles. The van der Waals surface area contributed by atoms with Crippen LogP contribution in [0.3, 0.4) is 0 Å². The summed E-state index contributed by atoms with van der Waals surface area (Å²) in [5, 5.41) is 5.79. The highest BCUT2D eigenvalue weighted by Gasteiger charge is 2.12. The number of nitrogens with one attached hydrogen (secondary N) is 2. The van der Waals surface area contributed by atoms with E-state index in [1.54, 1.807) is 28.4 Å². The molecule has 2 rings (SSSR count). The van der Waals surface area contributed by atoms with Gasteiger partial charge >= 0.3 is 6.03 Å². The van der Waals surface area contributed by atoms with Gasteiger partial charge in [0, 0.05) is 6.54 Å². The van der Waals surface area contributed by atoms with Crippen LogP contribution in [0.5, 0.6) is 23.0 Å². The SMILES string of the molecule is COc1ccc(CCNC(=O)NC(C)c2ccc(OC)c(OC)c2)cc1OC. The van der Waals surface area contributed by atoms with Crippen LogP contribution in [0.2, 0.25) is 0 Å². The van der Waals surface area contributed by atoms with Crippen molar-refractivity contribution < 1.29 is 23.7 Å². The maximum Gasteiger partial charge on any atom is 0.315 e. The fourth-order valence-corrected chi connectivity index (χ4v) is 2.81. The first kappa shape index (κ1) is 21.2. The summed E-state index contributed by atoms with van der Waals surface area (Å²) < 4.78 is 21.1. The van der Waals surface area contributed by atoms with Gasteiger partial charge in [0.15, 0.2) is 23.0 Å². The molecule has 0 radical (unpaired) electrons. The average molecular weight is 388 g/mol. The highest BCUT2D eigenvalue weighted by molar-refractivity contribution is 5.74. The fraction of sp³-hybridized carbons (Fsp3) is 0.381. The van der Waals surface area contributed by atoms with Crippen LogP contribution in [0.25, 0.3) is 0 Å². The van der Waals surface area contributed by atoms with Gasteiger partial charge in [-0.15, -0.1) is 0 Å². The molecule has 1 atom stereocenters. The molecule has 0 aliphatic heterocycles. The molecular formula is C21H28N2O5. The lowest BCUT2D eigenvalue weighted by Gasteiger charge is -2.17. The molecule has 0 bridgehead atoms. The Morgan fingerprint density at radius 3 is 2.04 bits per heavy atom. The van der Waals surface area contributed by atoms with E-state index < -0.39 is 0 Å². The number of carbonyl (C=O) groups is 1. The summed E-state index contributed by atoms with van der Waals surface area (Å²) in [6.45, 7) is 2.41. The molecule has 2 amide bonds. The zero-order chi connectivity index (χ0) is 20.5. The summed E-state index contributed by atoms with van der Waals surface area (Å²) in [5.74, 6) is 2.63. The van der Waals surface area contributed by atoms with Crippen LogP contribution in [-0.2, 0) is 6.42 Å². The van der Waals surface area contributed by atoms with Gasteiger partial charge in [-0.2, -0.15) is 0 Å². The van der Waals surface area contributed by atoms with Gasteiger partial charge in [0.1, 0.15) is 0 Å². The highest BCUT2D eigenvalue weighted by atomic mass is 16.5. The van der Waals surface area contributed by atoms with Crippen molar-refractivity contribution in [1.29, 1.82) is 0 Å². The Hall–Kier alpha value is -3.09. The van der Waals surface area contributed by atoms with Crippen LogP contribution < -0.4 is 29.6 Å². The summed E-state index contributed by atoms with van der Waals surface area (Å²) in [6.07, 6.45) is 0.679. The number of benzene rings is 2. The predicted molar refractivity (Wildman–Crippen MR) is 108 cm³/mol. The number of hydrogen-bond donors (Lipinski definition) is 2. The van der Waals surface area contributed by atoms with Gasteiger partial charge in [0.2, 0.25) is 0 Å². The van der Waals surface area contributed by atoms with Crippen LogP contribution in [0.4, 0.5) is 4.79 Å². The van der Waals surface area contributed by atoms with Crippen molar-refractivity contribution in [3.05, 3.63) is 47.5 Å². The monoisotopic (exact) mass is 388 g/mol. The number of ether oxygens (including phenoxy) is 4. The van der Waals surface area contributed by atoms with Gasteiger partial charge in [0.05, 0.1) is 34.5 Å². The molecule has 152 valence electrons. The Kier molecular flexibility index (Phi) is 7.80. The van der Waals surface area contributed by atoms with Gasteiger partial charge in [0.25, 0.3) is 0 Å². The molecule has 28 heavy (non-hydrogen) atoms. The molecule has 0 heterocycles. The van der Waals surface area contributed by atoms with Gasteiger partial charge in [-0.1, -0.05) is 12.1 Å². The molecule has 0 spiro atoms. The van der Waals surface area contributed by atoms with Crippen molar-refractivity contribution >= 4 is 6.03 Å². The lowest BCUT2D eigenvalue weighted by atomic mass is 10.1. The Balaban J connectivity index is 1.87. The molecule has 2 aromatic rings. The van der Waals surface area contributed by atoms with Crippen LogP contribution in [-0.4, -0.2) is 41.0 Å². The van der Waals surface area contributed by atoms with E-state index in [9.17, 15) is 4.79 Å². The van der Waals surface area contributed by atoms with Crippen molar-refractivity contribution in [2.24, 2.45) is 0 Å². The van der Waals surface area contributed by atoms with E-state index in [-0.39, 0.29) is 12.1 Å². The second-order valence-corrected chi connectivity index (χ2v) is 6.18. The second-order valence-electron chi connectivity index (χ2n) is 6.18. The number of methoxy groups -OCH3 is 4. The second kappa shape index (κ2) is 10.3. The zero-order valence-electron chi connectivity index (χ0n) is 17.0. The van der Waals surface area contributed by atoms with E-state index in [0.717, 1.165) is 11.1 Å². The molecule has 7 heteroatoms. The van der Waals surface area contributed by atoms with E-state index in [1.807, 2.05) is 43.3 Å². The minimum atomic E-state index is -0.234. The topological polar surface area (TPSA) is 78.1 Å². The molecule has 7 nitrogen and oxygen atoms in total. The van der Waals surface area contributed by atoms with Crippen molar-refractivity contribution in [3.63, 3.8) is 0 Å². The molecule has 0 saturated heterocycles. The van der Waals surface area contributed by atoms with E-state index >= 15 is 0 Å². The third kappa shape index (κ3) is 5.45. The Bertz CT molecular complexity index is 794. The van der Waals surface area contributed by atoms with Crippen molar-refractivity contribution in [2.45, 2.75) is 19.4 Å². The normalized spacial score (nSPS) is 11.3. The van der Waals surface area contributed by atoms with E-state index in [0.29, 0.717) is 36.0 Å². The third-order valence-electron chi connectivity index (χ3n) is 4.40. The summed E-state index contributed by atoms with van der Waals surface area (Å²) in [6, 6.07) is 10.9. The molecular weight excluding hydrogens is 360 g/mol. The van der Waals surface area contributed by atoms with Gasteiger partial charge < -0.3 is 29.6 Å². The van der Waals surface area contributed by atoms with E-state index in [2.05, 4.69) is 10.6 Å². The van der Waals surface area contributed by atoms with Crippen molar-refractivity contribution in [2.75, 3.05) is 35.0 Å². The number of hydrogen-bond acceptors (Lipinski definition) is 5. The Labute approximate surface area is 165 Å². The molecule has 0 fully saturated rings. The molecule has 1 unspecified atom stereocenters. The molecule has 2 N–H and O–H groups in total. The number of amides is 2. The first-order valence-electron chi connectivity index (χ1n) is 8.99. The predicted octanol–water partition coefficient (Wildman–Crippen LogP) is 3.32. The maximum absolute atomic E-state index is 12.2. The fourth-order valence-electron chi connectivity index (χ4n) is 2.81. The zero-order valence-corrected chi connectivity index (χ0v) is 17.0. The summed E-state index contributed by atoms with van der Waals surface area (Å²) in [4.78, 5) is 12.2. The lowest BCUT2D eigenvalue weighted by Crippen LogP contribution is -2.38. The largest absolute Gasteiger partial charge is 0.493 e. The van der Waals surface area contributed by atoms with Crippen molar-refractivity contribution in [3.8, 4) is 23.0 Å². The van der Waals surface area contributed by atoms with E-state index in [1.165, 1.54) is 0 Å². The first-order chi connectivity index (χ1) is 13.5. The van der Waals surface area contributed by atoms with Crippen LogP contribution in [0, 0.1) is 0 Å². The standard InChI is InChI=1S/C21H28N2O5/c1-14(16-7-9-18(26-3)20(13-16)28-5)23-21(24)22-11-10-15-6-8-17(25-2)19(12-15)27-4/h6-9,12-14H,10-11H2,1-5H3,(H2,22,23,24). The lowest BCUT2D eigenvalue weighted by molar-refractivity contribution is 0.238.